The second kappa shape index (κ2) is 6.55. The molecular weight excluding hydrogens is 312 g/mol. The van der Waals surface area contributed by atoms with Crippen molar-refractivity contribution >= 4 is 23.6 Å². The number of hydrogen-bond donors (Lipinski definition) is 1. The highest BCUT2D eigenvalue weighted by molar-refractivity contribution is 6.05. The molecule has 25 heavy (non-hydrogen) atoms. The van der Waals surface area contributed by atoms with Crippen LogP contribution in [0, 0.1) is 0 Å². The summed E-state index contributed by atoms with van der Waals surface area (Å²) in [5, 5.41) is 2.97. The fraction of sp³-hybridized carbons (Fsp3) is 0.238. The molecule has 126 valence electrons. The topological polar surface area (TPSA) is 49.4 Å². The lowest BCUT2D eigenvalue weighted by Crippen LogP contribution is -2.26. The van der Waals surface area contributed by atoms with Crippen molar-refractivity contribution in [1.82, 2.24) is 5.32 Å². The zero-order valence-corrected chi connectivity index (χ0v) is 13.9. The third kappa shape index (κ3) is 3.48. The third-order valence-corrected chi connectivity index (χ3v) is 4.66. The van der Waals surface area contributed by atoms with Gasteiger partial charge in [0.25, 0.3) is 11.8 Å². The van der Waals surface area contributed by atoms with Gasteiger partial charge in [-0.3, -0.25) is 9.59 Å². The first-order valence-corrected chi connectivity index (χ1v) is 8.69. The molecule has 0 spiro atoms. The Morgan fingerprint density at radius 1 is 1.04 bits per heavy atom. The molecule has 1 aliphatic carbocycles. The highest BCUT2D eigenvalue weighted by Gasteiger charge is 2.24. The third-order valence-electron chi connectivity index (χ3n) is 4.66. The van der Waals surface area contributed by atoms with E-state index in [0.717, 1.165) is 37.1 Å². The summed E-state index contributed by atoms with van der Waals surface area (Å²) in [6, 6.07) is 15.7. The van der Waals surface area contributed by atoms with Gasteiger partial charge in [0.15, 0.2) is 0 Å². The Hall–Kier alpha value is -2.88. The van der Waals surface area contributed by atoms with Gasteiger partial charge in [0.2, 0.25) is 0 Å². The van der Waals surface area contributed by atoms with Crippen LogP contribution in [0.4, 0.5) is 5.69 Å². The number of hydrogen-bond acceptors (Lipinski definition) is 2. The van der Waals surface area contributed by atoms with E-state index in [-0.39, 0.29) is 11.8 Å². The van der Waals surface area contributed by atoms with Gasteiger partial charge in [-0.25, -0.2) is 0 Å². The van der Waals surface area contributed by atoms with E-state index in [9.17, 15) is 9.59 Å². The zero-order valence-electron chi connectivity index (χ0n) is 13.9. The average molecular weight is 332 g/mol. The maximum Gasteiger partial charge on any atom is 0.251 e. The molecule has 0 unspecified atom stereocenters. The summed E-state index contributed by atoms with van der Waals surface area (Å²) in [6.45, 7) is 0.725. The number of carbonyl (C=O) groups excluding carboxylic acids is 2. The Morgan fingerprint density at radius 3 is 2.56 bits per heavy atom. The van der Waals surface area contributed by atoms with E-state index in [1.54, 1.807) is 24.3 Å². The Morgan fingerprint density at radius 2 is 1.80 bits per heavy atom. The molecule has 2 amide bonds. The molecule has 0 bridgehead atoms. The van der Waals surface area contributed by atoms with E-state index in [0.29, 0.717) is 11.6 Å². The second-order valence-corrected chi connectivity index (χ2v) is 6.57. The Labute approximate surface area is 147 Å². The van der Waals surface area contributed by atoms with Crippen molar-refractivity contribution in [3.8, 4) is 0 Å². The van der Waals surface area contributed by atoms with Crippen LogP contribution in [-0.4, -0.2) is 24.4 Å². The van der Waals surface area contributed by atoms with Crippen LogP contribution in [0.15, 0.2) is 54.6 Å². The SMILES string of the molecule is O=C(NC1CC1)c1ccc(/C=C/C(=O)N2CCc3ccccc32)cc1. The number of benzene rings is 2. The minimum Gasteiger partial charge on any atom is -0.349 e. The highest BCUT2D eigenvalue weighted by atomic mass is 16.2. The first-order chi connectivity index (χ1) is 12.2. The molecule has 2 aromatic carbocycles. The summed E-state index contributed by atoms with van der Waals surface area (Å²) in [4.78, 5) is 26.2. The van der Waals surface area contributed by atoms with Crippen LogP contribution in [0.1, 0.15) is 34.3 Å². The van der Waals surface area contributed by atoms with Gasteiger partial charge >= 0.3 is 0 Å². The normalized spacial score (nSPS) is 16.1. The number of amides is 2. The van der Waals surface area contributed by atoms with Gasteiger partial charge in [-0.05, 0) is 54.7 Å². The molecule has 4 rings (SSSR count). The zero-order chi connectivity index (χ0) is 17.2. The molecule has 1 fully saturated rings. The average Bonchev–Trinajstić information content (AvgIpc) is 3.35. The lowest BCUT2D eigenvalue weighted by atomic mass is 10.1. The van der Waals surface area contributed by atoms with Crippen LogP contribution in [0.2, 0.25) is 0 Å². The van der Waals surface area contributed by atoms with Crippen LogP contribution in [0.3, 0.4) is 0 Å². The Bertz CT molecular complexity index is 835. The van der Waals surface area contributed by atoms with Crippen LogP contribution < -0.4 is 10.2 Å². The van der Waals surface area contributed by atoms with Crippen LogP contribution in [0.25, 0.3) is 6.08 Å². The number of para-hydroxylation sites is 1. The van der Waals surface area contributed by atoms with Gasteiger partial charge in [0, 0.05) is 29.9 Å². The summed E-state index contributed by atoms with van der Waals surface area (Å²) in [5.74, 6) is -0.0386. The Kier molecular flexibility index (Phi) is 4.10. The van der Waals surface area contributed by atoms with Crippen molar-refractivity contribution in [2.75, 3.05) is 11.4 Å². The molecule has 0 saturated heterocycles. The summed E-state index contributed by atoms with van der Waals surface area (Å²) in [7, 11) is 0. The monoisotopic (exact) mass is 332 g/mol. The molecule has 4 heteroatoms. The van der Waals surface area contributed by atoms with Crippen molar-refractivity contribution < 1.29 is 9.59 Å². The number of carbonyl (C=O) groups is 2. The maximum absolute atomic E-state index is 12.5. The number of rotatable bonds is 4. The smallest absolute Gasteiger partial charge is 0.251 e. The predicted octanol–water partition coefficient (Wildman–Crippen LogP) is 3.18. The van der Waals surface area contributed by atoms with Gasteiger partial charge in [0.1, 0.15) is 0 Å². The van der Waals surface area contributed by atoms with Crippen molar-refractivity contribution in [2.24, 2.45) is 0 Å². The minimum absolute atomic E-state index is 0.0134. The van der Waals surface area contributed by atoms with E-state index < -0.39 is 0 Å². The molecule has 2 aromatic rings. The van der Waals surface area contributed by atoms with Crippen molar-refractivity contribution in [1.29, 1.82) is 0 Å². The summed E-state index contributed by atoms with van der Waals surface area (Å²) in [5.41, 5.74) is 3.78. The molecular formula is C21H20N2O2. The minimum atomic E-state index is -0.0252. The van der Waals surface area contributed by atoms with Crippen LogP contribution in [0.5, 0.6) is 0 Å². The van der Waals surface area contributed by atoms with E-state index in [1.807, 2.05) is 35.2 Å². The van der Waals surface area contributed by atoms with E-state index in [1.165, 1.54) is 5.56 Å². The lowest BCUT2D eigenvalue weighted by Gasteiger charge is -2.14. The van der Waals surface area contributed by atoms with E-state index in [4.69, 9.17) is 0 Å². The fourth-order valence-corrected chi connectivity index (χ4v) is 3.07. The number of nitrogens with one attached hydrogen (secondary N) is 1. The molecule has 4 nitrogen and oxygen atoms in total. The van der Waals surface area contributed by atoms with Gasteiger partial charge in [-0.2, -0.15) is 0 Å². The fourth-order valence-electron chi connectivity index (χ4n) is 3.07. The van der Waals surface area contributed by atoms with Crippen LogP contribution in [-0.2, 0) is 11.2 Å². The van der Waals surface area contributed by atoms with Crippen molar-refractivity contribution in [3.63, 3.8) is 0 Å². The molecule has 1 N–H and O–H groups in total. The molecule has 2 aliphatic rings. The maximum atomic E-state index is 12.5. The highest BCUT2D eigenvalue weighted by Crippen LogP contribution is 2.27. The molecule has 0 atom stereocenters. The number of anilines is 1. The predicted molar refractivity (Wildman–Crippen MR) is 98.5 cm³/mol. The van der Waals surface area contributed by atoms with Gasteiger partial charge in [-0.1, -0.05) is 30.3 Å². The molecule has 1 aliphatic heterocycles. The number of nitrogens with zero attached hydrogens (tertiary/aromatic N) is 1. The van der Waals surface area contributed by atoms with Crippen molar-refractivity contribution in [2.45, 2.75) is 25.3 Å². The van der Waals surface area contributed by atoms with Crippen LogP contribution >= 0.6 is 0 Å². The quantitative estimate of drug-likeness (QED) is 0.874. The molecule has 1 heterocycles. The van der Waals surface area contributed by atoms with Gasteiger partial charge < -0.3 is 10.2 Å². The van der Waals surface area contributed by atoms with Gasteiger partial charge in [-0.15, -0.1) is 0 Å². The Balaban J connectivity index is 1.41. The molecule has 1 saturated carbocycles. The standard InChI is InChI=1S/C21H20N2O2/c24-20(23-14-13-16-3-1-2-4-19(16)23)12-7-15-5-8-17(9-6-15)21(25)22-18-10-11-18/h1-9,12,18H,10-11,13-14H2,(H,22,25)/b12-7+. The molecule has 0 radical (unpaired) electrons. The van der Waals surface area contributed by atoms with E-state index in [2.05, 4.69) is 11.4 Å². The van der Waals surface area contributed by atoms with E-state index >= 15 is 0 Å². The number of fused-ring (bicyclic) bond motifs is 1. The molecule has 0 aromatic heterocycles. The van der Waals surface area contributed by atoms with Crippen molar-refractivity contribution in [3.05, 3.63) is 71.3 Å². The van der Waals surface area contributed by atoms with Gasteiger partial charge in [0.05, 0.1) is 0 Å². The summed E-state index contributed by atoms with van der Waals surface area (Å²) < 4.78 is 0. The second-order valence-electron chi connectivity index (χ2n) is 6.57. The lowest BCUT2D eigenvalue weighted by molar-refractivity contribution is -0.114. The summed E-state index contributed by atoms with van der Waals surface area (Å²) in [6.07, 6.45) is 6.45. The first-order valence-electron chi connectivity index (χ1n) is 8.69. The first kappa shape index (κ1) is 15.6. The largest absolute Gasteiger partial charge is 0.349 e. The summed E-state index contributed by atoms with van der Waals surface area (Å²) >= 11 is 0.